The third-order valence-corrected chi connectivity index (χ3v) is 5.41. The number of aliphatic imine (C=N–C) groups is 1. The zero-order valence-electron chi connectivity index (χ0n) is 17.1. The number of benzene rings is 1. The zero-order chi connectivity index (χ0) is 19.8. The van der Waals surface area contributed by atoms with Crippen LogP contribution in [0.4, 0.5) is 0 Å². The molecule has 2 aliphatic rings. The van der Waals surface area contributed by atoms with Crippen molar-refractivity contribution in [2.45, 2.75) is 26.4 Å². The van der Waals surface area contributed by atoms with Gasteiger partial charge in [-0.15, -0.1) is 0 Å². The molecule has 2 heterocycles. The third kappa shape index (κ3) is 6.54. The van der Waals surface area contributed by atoms with Crippen LogP contribution in [0.1, 0.15) is 20.3 Å². The fraction of sp³-hybridized carbons (Fsp3) is 0.667. The lowest BCUT2D eigenvalue weighted by Gasteiger charge is -2.29. The number of nitrogens with one attached hydrogen (secondary N) is 1. The molecule has 0 spiro atoms. The van der Waals surface area contributed by atoms with Gasteiger partial charge in [-0.2, -0.15) is 0 Å². The van der Waals surface area contributed by atoms with E-state index >= 15 is 0 Å². The molecule has 0 aromatic heterocycles. The second-order valence-corrected chi connectivity index (χ2v) is 8.03. The second kappa shape index (κ2) is 10.9. The van der Waals surface area contributed by atoms with Gasteiger partial charge >= 0.3 is 0 Å². The minimum absolute atomic E-state index is 0.0149. The number of hydrogen-bond donors (Lipinski definition) is 1. The van der Waals surface area contributed by atoms with Crippen LogP contribution >= 0.6 is 11.6 Å². The summed E-state index contributed by atoms with van der Waals surface area (Å²) in [4.78, 5) is 9.76. The number of halogens is 1. The Morgan fingerprint density at radius 3 is 2.93 bits per heavy atom. The van der Waals surface area contributed by atoms with Crippen molar-refractivity contribution in [3.05, 3.63) is 29.3 Å². The molecule has 0 radical (unpaired) electrons. The quantitative estimate of drug-likeness (QED) is 0.555. The fourth-order valence-corrected chi connectivity index (χ4v) is 3.95. The number of nitrogens with zero attached hydrogens (tertiary/aromatic N) is 3. The smallest absolute Gasteiger partial charge is 0.194 e. The van der Waals surface area contributed by atoms with Crippen molar-refractivity contribution in [3.8, 4) is 5.75 Å². The molecule has 1 aromatic rings. The number of hydrogen-bond acceptors (Lipinski definition) is 4. The van der Waals surface area contributed by atoms with Gasteiger partial charge in [0.25, 0.3) is 0 Å². The van der Waals surface area contributed by atoms with E-state index in [1.165, 1.54) is 6.42 Å². The topological polar surface area (TPSA) is 49.3 Å². The van der Waals surface area contributed by atoms with Crippen LogP contribution in [0.3, 0.4) is 0 Å². The van der Waals surface area contributed by atoms with Crippen LogP contribution in [-0.4, -0.2) is 80.9 Å². The molecule has 2 unspecified atom stereocenters. The van der Waals surface area contributed by atoms with Crippen LogP contribution in [0.2, 0.25) is 5.02 Å². The Balaban J connectivity index is 1.50. The van der Waals surface area contributed by atoms with Crippen molar-refractivity contribution < 1.29 is 9.47 Å². The minimum Gasteiger partial charge on any atom is -0.489 e. The maximum Gasteiger partial charge on any atom is 0.194 e. The van der Waals surface area contributed by atoms with Crippen LogP contribution in [0.15, 0.2) is 29.3 Å². The lowest BCUT2D eigenvalue weighted by atomic mass is 10.1. The van der Waals surface area contributed by atoms with Gasteiger partial charge in [-0.1, -0.05) is 17.7 Å². The van der Waals surface area contributed by atoms with Gasteiger partial charge in [0.1, 0.15) is 11.9 Å². The molecule has 2 fully saturated rings. The second-order valence-electron chi connectivity index (χ2n) is 7.59. The van der Waals surface area contributed by atoms with Crippen molar-refractivity contribution in [1.29, 1.82) is 0 Å². The molecule has 28 heavy (non-hydrogen) atoms. The van der Waals surface area contributed by atoms with E-state index < -0.39 is 0 Å². The Kier molecular flexibility index (Phi) is 8.25. The Hall–Kier alpha value is -1.50. The Morgan fingerprint density at radius 1 is 1.36 bits per heavy atom. The Bertz CT molecular complexity index is 637. The van der Waals surface area contributed by atoms with Gasteiger partial charge in [0.15, 0.2) is 5.96 Å². The largest absolute Gasteiger partial charge is 0.489 e. The van der Waals surface area contributed by atoms with Crippen LogP contribution in [-0.2, 0) is 4.74 Å². The molecule has 1 aromatic carbocycles. The van der Waals surface area contributed by atoms with Crippen molar-refractivity contribution in [1.82, 2.24) is 15.1 Å². The van der Waals surface area contributed by atoms with Gasteiger partial charge < -0.3 is 19.7 Å². The fourth-order valence-electron chi connectivity index (χ4n) is 3.77. The van der Waals surface area contributed by atoms with Crippen LogP contribution < -0.4 is 10.1 Å². The number of ether oxygens (including phenoxy) is 2. The van der Waals surface area contributed by atoms with Gasteiger partial charge in [0.05, 0.1) is 19.8 Å². The average molecular weight is 409 g/mol. The molecular weight excluding hydrogens is 376 g/mol. The van der Waals surface area contributed by atoms with E-state index in [1.54, 1.807) is 0 Å². The monoisotopic (exact) mass is 408 g/mol. The predicted molar refractivity (Wildman–Crippen MR) is 114 cm³/mol. The molecule has 1 N–H and O–H groups in total. The number of morpholine rings is 1. The molecule has 156 valence electrons. The molecule has 2 atom stereocenters. The summed E-state index contributed by atoms with van der Waals surface area (Å²) >= 11 is 6.03. The Labute approximate surface area is 173 Å². The molecular formula is C21H33ClN4O2. The lowest BCUT2D eigenvalue weighted by molar-refractivity contribution is 0.0315. The summed E-state index contributed by atoms with van der Waals surface area (Å²) in [6, 6.07) is 7.51. The van der Waals surface area contributed by atoms with Gasteiger partial charge in [-0.05, 0) is 44.4 Å². The SMILES string of the molecule is CCNC(=NCC(C)Oc1cccc(Cl)c1)N1CCC(CN2CCOCC2)C1. The maximum absolute atomic E-state index is 6.03. The van der Waals surface area contributed by atoms with Crippen molar-refractivity contribution in [2.24, 2.45) is 10.9 Å². The molecule has 0 aliphatic carbocycles. The highest BCUT2D eigenvalue weighted by Crippen LogP contribution is 2.20. The summed E-state index contributed by atoms with van der Waals surface area (Å²) in [6.07, 6.45) is 1.20. The Morgan fingerprint density at radius 2 is 2.18 bits per heavy atom. The van der Waals surface area contributed by atoms with E-state index in [4.69, 9.17) is 26.1 Å². The lowest BCUT2D eigenvalue weighted by Crippen LogP contribution is -2.42. The van der Waals surface area contributed by atoms with E-state index in [0.717, 1.165) is 64.2 Å². The molecule has 2 saturated heterocycles. The first kappa shape index (κ1) is 21.2. The van der Waals surface area contributed by atoms with Crippen LogP contribution in [0, 0.1) is 5.92 Å². The zero-order valence-corrected chi connectivity index (χ0v) is 17.8. The van der Waals surface area contributed by atoms with Crippen LogP contribution in [0.25, 0.3) is 0 Å². The van der Waals surface area contributed by atoms with Gasteiger partial charge in [0.2, 0.25) is 0 Å². The first-order valence-electron chi connectivity index (χ1n) is 10.4. The summed E-state index contributed by atoms with van der Waals surface area (Å²) in [5.74, 6) is 2.47. The molecule has 2 aliphatic heterocycles. The molecule has 0 bridgehead atoms. The highest BCUT2D eigenvalue weighted by molar-refractivity contribution is 6.30. The van der Waals surface area contributed by atoms with Gasteiger partial charge in [-0.25, -0.2) is 4.99 Å². The first-order chi connectivity index (χ1) is 13.6. The van der Waals surface area contributed by atoms with Gasteiger partial charge in [-0.3, -0.25) is 4.90 Å². The van der Waals surface area contributed by atoms with E-state index in [1.807, 2.05) is 31.2 Å². The van der Waals surface area contributed by atoms with Crippen LogP contribution in [0.5, 0.6) is 5.75 Å². The molecule has 0 saturated carbocycles. The third-order valence-electron chi connectivity index (χ3n) is 5.17. The normalized spacial score (nSPS) is 22.3. The summed E-state index contributed by atoms with van der Waals surface area (Å²) in [7, 11) is 0. The van der Waals surface area contributed by atoms with E-state index in [-0.39, 0.29) is 6.10 Å². The minimum atomic E-state index is -0.0149. The summed E-state index contributed by atoms with van der Waals surface area (Å²) in [5.41, 5.74) is 0. The standard InChI is InChI=1S/C21H33ClN4O2/c1-3-23-21(24-14-17(2)28-20-6-4-5-19(22)13-20)26-8-7-18(16-26)15-25-9-11-27-12-10-25/h4-6,13,17-18H,3,7-12,14-16H2,1-2H3,(H,23,24). The van der Waals surface area contributed by atoms with E-state index in [9.17, 15) is 0 Å². The predicted octanol–water partition coefficient (Wildman–Crippen LogP) is 2.73. The highest BCUT2D eigenvalue weighted by Gasteiger charge is 2.27. The first-order valence-corrected chi connectivity index (χ1v) is 10.8. The maximum atomic E-state index is 6.03. The molecule has 7 heteroatoms. The molecule has 3 rings (SSSR count). The molecule has 6 nitrogen and oxygen atoms in total. The number of guanidine groups is 1. The summed E-state index contributed by atoms with van der Waals surface area (Å²) in [5, 5.41) is 4.13. The summed E-state index contributed by atoms with van der Waals surface area (Å²) in [6.45, 7) is 12.8. The van der Waals surface area contributed by atoms with E-state index in [2.05, 4.69) is 22.0 Å². The molecule has 0 amide bonds. The van der Waals surface area contributed by atoms with Crippen molar-refractivity contribution >= 4 is 17.6 Å². The van der Waals surface area contributed by atoms with Gasteiger partial charge in [0, 0.05) is 44.3 Å². The number of likely N-dealkylation sites (tertiary alicyclic amines) is 1. The highest BCUT2D eigenvalue weighted by atomic mass is 35.5. The van der Waals surface area contributed by atoms with Crippen molar-refractivity contribution in [3.63, 3.8) is 0 Å². The number of rotatable bonds is 7. The van der Waals surface area contributed by atoms with Crippen molar-refractivity contribution in [2.75, 3.05) is 59.0 Å². The summed E-state index contributed by atoms with van der Waals surface area (Å²) < 4.78 is 11.4. The van der Waals surface area contributed by atoms with E-state index in [0.29, 0.717) is 17.5 Å². The average Bonchev–Trinajstić information content (AvgIpc) is 3.14.